The van der Waals surface area contributed by atoms with Crippen molar-refractivity contribution in [2.24, 2.45) is 5.92 Å². The first-order valence-corrected chi connectivity index (χ1v) is 12.5. The number of carbonyl (C=O) groups excluding carboxylic acids is 1. The molecule has 0 spiro atoms. The molecule has 0 heterocycles. The number of carboxylic acid groups (broad SMARTS) is 1. The summed E-state index contributed by atoms with van der Waals surface area (Å²) in [4.78, 5) is 24.5. The third kappa shape index (κ3) is 7.24. The Balaban J connectivity index is 1.97. The van der Waals surface area contributed by atoms with E-state index in [1.165, 1.54) is 6.07 Å². The number of hydrogen-bond acceptors (Lipinski definition) is 4. The first-order valence-electron chi connectivity index (χ1n) is 12.5. The molecule has 0 fully saturated rings. The number of hydrogen-bond donors (Lipinski definition) is 4. The molecule has 3 aromatic carbocycles. The van der Waals surface area contributed by atoms with E-state index in [1.54, 1.807) is 30.3 Å². The lowest BCUT2D eigenvalue weighted by Gasteiger charge is -2.30. The van der Waals surface area contributed by atoms with Crippen molar-refractivity contribution in [2.75, 3.05) is 0 Å². The molecular formula is C30H34F2N2O4. The van der Waals surface area contributed by atoms with Crippen LogP contribution >= 0.6 is 0 Å². The predicted octanol–water partition coefficient (Wildman–Crippen LogP) is 5.52. The van der Waals surface area contributed by atoms with Crippen molar-refractivity contribution in [1.82, 2.24) is 10.6 Å². The summed E-state index contributed by atoms with van der Waals surface area (Å²) in [5.41, 5.74) is 3.00. The summed E-state index contributed by atoms with van der Waals surface area (Å²) in [6.07, 6.45) is -1.71. The second-order valence-corrected chi connectivity index (χ2v) is 9.97. The SMILES string of the molecule is Cc1cccc(C)c1-c1cc(F)c(F)c([C@H](CC(=O)O)NC(O)[C@H](CC(C)C)NC(=O)c2ccccc2)c1. The van der Waals surface area contributed by atoms with Gasteiger partial charge in [0.25, 0.3) is 5.91 Å². The Morgan fingerprint density at radius 3 is 2.16 bits per heavy atom. The summed E-state index contributed by atoms with van der Waals surface area (Å²) in [5, 5.41) is 26.2. The van der Waals surface area contributed by atoms with Gasteiger partial charge in [-0.2, -0.15) is 0 Å². The number of halogens is 2. The smallest absolute Gasteiger partial charge is 0.305 e. The molecular weight excluding hydrogens is 490 g/mol. The minimum Gasteiger partial charge on any atom is -0.481 e. The molecule has 8 heteroatoms. The molecule has 3 atom stereocenters. The number of benzene rings is 3. The molecule has 0 saturated heterocycles. The van der Waals surface area contributed by atoms with Crippen LogP contribution in [0.2, 0.25) is 0 Å². The van der Waals surface area contributed by atoms with Gasteiger partial charge in [-0.1, -0.05) is 50.2 Å². The highest BCUT2D eigenvalue weighted by molar-refractivity contribution is 5.94. The molecule has 0 saturated carbocycles. The van der Waals surface area contributed by atoms with Crippen molar-refractivity contribution in [3.05, 3.63) is 94.6 Å². The lowest BCUT2D eigenvalue weighted by molar-refractivity contribution is -0.137. The van der Waals surface area contributed by atoms with Gasteiger partial charge < -0.3 is 15.5 Å². The summed E-state index contributed by atoms with van der Waals surface area (Å²) in [6.45, 7) is 7.52. The van der Waals surface area contributed by atoms with Crippen LogP contribution in [0, 0.1) is 31.4 Å². The molecule has 3 rings (SSSR count). The lowest BCUT2D eigenvalue weighted by atomic mass is 9.91. The zero-order valence-corrected chi connectivity index (χ0v) is 22.0. The molecule has 0 aliphatic rings. The number of aryl methyl sites for hydroxylation is 2. The lowest BCUT2D eigenvalue weighted by Crippen LogP contribution is -2.51. The van der Waals surface area contributed by atoms with Crippen molar-refractivity contribution in [1.29, 1.82) is 0 Å². The average Bonchev–Trinajstić information content (AvgIpc) is 2.85. The fourth-order valence-corrected chi connectivity index (χ4v) is 4.65. The summed E-state index contributed by atoms with van der Waals surface area (Å²) in [6, 6.07) is 14.4. The van der Waals surface area contributed by atoms with E-state index in [2.05, 4.69) is 10.6 Å². The molecule has 0 bridgehead atoms. The first kappa shape index (κ1) is 28.9. The Hall–Kier alpha value is -3.62. The van der Waals surface area contributed by atoms with Crippen LogP contribution in [0.3, 0.4) is 0 Å². The maximum Gasteiger partial charge on any atom is 0.305 e. The molecule has 6 nitrogen and oxygen atoms in total. The van der Waals surface area contributed by atoms with Crippen molar-refractivity contribution < 1.29 is 28.6 Å². The second-order valence-electron chi connectivity index (χ2n) is 9.97. The number of nitrogens with one attached hydrogen (secondary N) is 2. The van der Waals surface area contributed by atoms with E-state index in [4.69, 9.17) is 0 Å². The van der Waals surface area contributed by atoms with Gasteiger partial charge in [-0.3, -0.25) is 14.9 Å². The van der Waals surface area contributed by atoms with Gasteiger partial charge in [0.2, 0.25) is 0 Å². The number of rotatable bonds is 11. The Bertz CT molecular complexity index is 1260. The van der Waals surface area contributed by atoms with E-state index in [0.29, 0.717) is 17.5 Å². The van der Waals surface area contributed by atoms with E-state index in [9.17, 15) is 24.2 Å². The average molecular weight is 525 g/mol. The molecule has 1 amide bonds. The summed E-state index contributed by atoms with van der Waals surface area (Å²) in [7, 11) is 0. The molecule has 3 aromatic rings. The molecule has 0 aliphatic carbocycles. The number of carboxylic acids is 1. The van der Waals surface area contributed by atoms with Crippen LogP contribution < -0.4 is 10.6 Å². The fourth-order valence-electron chi connectivity index (χ4n) is 4.65. The van der Waals surface area contributed by atoms with E-state index in [-0.39, 0.29) is 11.5 Å². The molecule has 0 aromatic heterocycles. The zero-order chi connectivity index (χ0) is 28.0. The van der Waals surface area contributed by atoms with Crippen molar-refractivity contribution in [3.8, 4) is 11.1 Å². The van der Waals surface area contributed by atoms with Crippen LogP contribution in [-0.2, 0) is 4.79 Å². The Labute approximate surface area is 221 Å². The molecule has 38 heavy (non-hydrogen) atoms. The van der Waals surface area contributed by atoms with Crippen LogP contribution in [0.25, 0.3) is 11.1 Å². The highest BCUT2D eigenvalue weighted by atomic mass is 19.2. The maximum atomic E-state index is 15.1. The molecule has 1 unspecified atom stereocenters. The standard InChI is InChI=1S/C30H34F2N2O4/c1-17(2)13-25(34-29(37)20-11-6-5-7-12-20)30(38)33-24(16-26(35)36)22-14-21(15-23(31)28(22)32)27-18(3)9-8-10-19(27)4/h5-12,14-15,17,24-25,30,33,38H,13,16H2,1-4H3,(H,34,37)(H,35,36)/t24-,25-,30?/m0/s1. The Morgan fingerprint density at radius 1 is 0.947 bits per heavy atom. The zero-order valence-electron chi connectivity index (χ0n) is 22.0. The third-order valence-corrected chi connectivity index (χ3v) is 6.41. The van der Waals surface area contributed by atoms with E-state index < -0.39 is 48.2 Å². The maximum absolute atomic E-state index is 15.1. The van der Waals surface area contributed by atoms with Gasteiger partial charge in [-0.25, -0.2) is 8.78 Å². The topological polar surface area (TPSA) is 98.7 Å². The fraction of sp³-hybridized carbons (Fsp3) is 0.333. The number of aliphatic hydroxyl groups excluding tert-OH is 1. The van der Waals surface area contributed by atoms with Crippen LogP contribution in [0.15, 0.2) is 60.7 Å². The Kier molecular flexibility index (Phi) is 9.72. The normalized spacial score (nSPS) is 13.7. The first-order chi connectivity index (χ1) is 18.0. The van der Waals surface area contributed by atoms with Crippen molar-refractivity contribution in [3.63, 3.8) is 0 Å². The van der Waals surface area contributed by atoms with Crippen LogP contribution in [0.5, 0.6) is 0 Å². The minimum absolute atomic E-state index is 0.0620. The highest BCUT2D eigenvalue weighted by Crippen LogP contribution is 2.33. The predicted molar refractivity (Wildman–Crippen MR) is 143 cm³/mol. The Morgan fingerprint density at radius 2 is 1.58 bits per heavy atom. The second kappa shape index (κ2) is 12.8. The van der Waals surface area contributed by atoms with Gasteiger partial charge in [0.15, 0.2) is 11.6 Å². The van der Waals surface area contributed by atoms with Gasteiger partial charge in [0, 0.05) is 17.2 Å². The summed E-state index contributed by atoms with van der Waals surface area (Å²) in [5.74, 6) is -3.93. The van der Waals surface area contributed by atoms with Gasteiger partial charge >= 0.3 is 5.97 Å². The van der Waals surface area contributed by atoms with Crippen LogP contribution in [0.4, 0.5) is 8.78 Å². The van der Waals surface area contributed by atoms with E-state index >= 15 is 4.39 Å². The van der Waals surface area contributed by atoms with Gasteiger partial charge in [0.05, 0.1) is 12.5 Å². The molecule has 0 aliphatic heterocycles. The van der Waals surface area contributed by atoms with Crippen molar-refractivity contribution in [2.45, 2.75) is 58.8 Å². The number of aliphatic carboxylic acids is 1. The third-order valence-electron chi connectivity index (χ3n) is 6.41. The van der Waals surface area contributed by atoms with Crippen LogP contribution in [-0.4, -0.2) is 34.4 Å². The highest BCUT2D eigenvalue weighted by Gasteiger charge is 2.29. The monoisotopic (exact) mass is 524 g/mol. The van der Waals surface area contributed by atoms with E-state index in [1.807, 2.05) is 45.9 Å². The summed E-state index contributed by atoms with van der Waals surface area (Å²) >= 11 is 0. The van der Waals surface area contributed by atoms with Crippen LogP contribution in [0.1, 0.15) is 59.8 Å². The van der Waals surface area contributed by atoms with Gasteiger partial charge in [-0.15, -0.1) is 0 Å². The minimum atomic E-state index is -1.44. The largest absolute Gasteiger partial charge is 0.481 e. The van der Waals surface area contributed by atoms with Gasteiger partial charge in [-0.05, 0) is 72.7 Å². The number of amides is 1. The molecule has 202 valence electrons. The molecule has 0 radical (unpaired) electrons. The van der Waals surface area contributed by atoms with Crippen molar-refractivity contribution >= 4 is 11.9 Å². The quantitative estimate of drug-likeness (QED) is 0.248. The summed E-state index contributed by atoms with van der Waals surface area (Å²) < 4.78 is 30.0. The number of carbonyl (C=O) groups is 2. The van der Waals surface area contributed by atoms with Gasteiger partial charge in [0.1, 0.15) is 6.23 Å². The number of aliphatic hydroxyl groups is 1. The molecule has 4 N–H and O–H groups in total. The van der Waals surface area contributed by atoms with E-state index in [0.717, 1.165) is 22.8 Å².